The Morgan fingerprint density at radius 2 is 1.78 bits per heavy atom. The molecule has 7 heteroatoms. The number of methoxy groups -OCH3 is 2. The lowest BCUT2D eigenvalue weighted by Gasteiger charge is -2.25. The van der Waals surface area contributed by atoms with Gasteiger partial charge in [-0.1, -0.05) is 32.0 Å². The lowest BCUT2D eigenvalue weighted by atomic mass is 9.84. The number of aliphatic imine (C=N–C) groups is 1. The second-order valence-electron chi connectivity index (χ2n) is 8.11. The van der Waals surface area contributed by atoms with Gasteiger partial charge >= 0.3 is 0 Å². The molecule has 2 aromatic rings. The fourth-order valence-electron chi connectivity index (χ4n) is 3.30. The SMILES string of the molecule is CCNC(=NCC(C)(C)c1ccc(OC)c(OC)c1)NCCc1cccc(C(=O)NC)c1. The van der Waals surface area contributed by atoms with Gasteiger partial charge in [-0.2, -0.15) is 0 Å². The third kappa shape index (κ3) is 6.90. The summed E-state index contributed by atoms with van der Waals surface area (Å²) in [4.78, 5) is 16.6. The first-order valence-corrected chi connectivity index (χ1v) is 10.9. The lowest BCUT2D eigenvalue weighted by Crippen LogP contribution is -2.39. The minimum absolute atomic E-state index is 0.0768. The van der Waals surface area contributed by atoms with Crippen molar-refractivity contribution in [2.45, 2.75) is 32.6 Å². The summed E-state index contributed by atoms with van der Waals surface area (Å²) in [6, 6.07) is 13.7. The van der Waals surface area contributed by atoms with Gasteiger partial charge < -0.3 is 25.4 Å². The third-order valence-corrected chi connectivity index (χ3v) is 5.26. The van der Waals surface area contributed by atoms with E-state index >= 15 is 0 Å². The molecule has 1 amide bonds. The molecule has 0 unspecified atom stereocenters. The summed E-state index contributed by atoms with van der Waals surface area (Å²) in [5.41, 5.74) is 2.70. The van der Waals surface area contributed by atoms with Crippen molar-refractivity contribution in [1.82, 2.24) is 16.0 Å². The lowest BCUT2D eigenvalue weighted by molar-refractivity contribution is 0.0963. The third-order valence-electron chi connectivity index (χ3n) is 5.26. The van der Waals surface area contributed by atoms with Crippen molar-refractivity contribution in [2.75, 3.05) is 40.9 Å². The second kappa shape index (κ2) is 12.0. The number of hydrogen-bond acceptors (Lipinski definition) is 4. The van der Waals surface area contributed by atoms with Gasteiger partial charge in [0, 0.05) is 31.1 Å². The summed E-state index contributed by atoms with van der Waals surface area (Å²) in [5.74, 6) is 2.12. The van der Waals surface area contributed by atoms with Crippen molar-refractivity contribution in [3.63, 3.8) is 0 Å². The Hall–Kier alpha value is -3.22. The Labute approximate surface area is 191 Å². The summed E-state index contributed by atoms with van der Waals surface area (Å²) >= 11 is 0. The van der Waals surface area contributed by atoms with Gasteiger partial charge in [0.1, 0.15) is 0 Å². The van der Waals surface area contributed by atoms with Crippen LogP contribution in [0.1, 0.15) is 42.3 Å². The molecule has 32 heavy (non-hydrogen) atoms. The molecule has 0 aliphatic rings. The standard InChI is InChI=1S/C25H36N4O3/c1-7-27-24(28-14-13-18-9-8-10-19(15-18)23(30)26-4)29-17-25(2,3)20-11-12-21(31-5)22(16-20)32-6/h8-12,15-16H,7,13-14,17H2,1-6H3,(H,26,30)(H2,27,28,29). The van der Waals surface area contributed by atoms with E-state index in [1.165, 1.54) is 0 Å². The maximum atomic E-state index is 11.8. The molecule has 2 rings (SSSR count). The van der Waals surface area contributed by atoms with Gasteiger partial charge in [0.05, 0.1) is 20.8 Å². The average molecular weight is 441 g/mol. The van der Waals surface area contributed by atoms with Crippen molar-refractivity contribution in [2.24, 2.45) is 4.99 Å². The van der Waals surface area contributed by atoms with Gasteiger partial charge in [-0.15, -0.1) is 0 Å². The minimum Gasteiger partial charge on any atom is -0.493 e. The second-order valence-corrected chi connectivity index (χ2v) is 8.11. The highest BCUT2D eigenvalue weighted by Gasteiger charge is 2.22. The van der Waals surface area contributed by atoms with Crippen LogP contribution in [-0.4, -0.2) is 52.8 Å². The predicted octanol–water partition coefficient (Wildman–Crippen LogP) is 3.14. The fraction of sp³-hybridized carbons (Fsp3) is 0.440. The topological polar surface area (TPSA) is 84.0 Å². The van der Waals surface area contributed by atoms with Crippen LogP contribution in [0.4, 0.5) is 0 Å². The largest absolute Gasteiger partial charge is 0.493 e. The monoisotopic (exact) mass is 440 g/mol. The number of benzene rings is 2. The van der Waals surface area contributed by atoms with Gasteiger partial charge in [-0.05, 0) is 48.7 Å². The fourth-order valence-corrected chi connectivity index (χ4v) is 3.30. The smallest absolute Gasteiger partial charge is 0.251 e. The molecule has 0 bridgehead atoms. The number of ether oxygens (including phenoxy) is 2. The van der Waals surface area contributed by atoms with Crippen LogP contribution in [0.2, 0.25) is 0 Å². The molecule has 0 atom stereocenters. The van der Waals surface area contributed by atoms with Crippen molar-refractivity contribution in [3.05, 3.63) is 59.2 Å². The highest BCUT2D eigenvalue weighted by Crippen LogP contribution is 2.33. The average Bonchev–Trinajstić information content (AvgIpc) is 2.81. The molecule has 2 aromatic carbocycles. The van der Waals surface area contributed by atoms with Crippen LogP contribution in [0.15, 0.2) is 47.5 Å². The molecule has 0 saturated carbocycles. The molecule has 0 aliphatic heterocycles. The van der Waals surface area contributed by atoms with E-state index in [1.54, 1.807) is 21.3 Å². The Morgan fingerprint density at radius 1 is 1.03 bits per heavy atom. The number of nitrogens with zero attached hydrogens (tertiary/aromatic N) is 1. The highest BCUT2D eigenvalue weighted by atomic mass is 16.5. The number of nitrogens with one attached hydrogen (secondary N) is 3. The molecular weight excluding hydrogens is 404 g/mol. The van der Waals surface area contributed by atoms with Gasteiger partial charge in [0.15, 0.2) is 17.5 Å². The van der Waals surface area contributed by atoms with E-state index in [1.807, 2.05) is 43.3 Å². The van der Waals surface area contributed by atoms with E-state index in [-0.39, 0.29) is 11.3 Å². The first-order valence-electron chi connectivity index (χ1n) is 10.9. The highest BCUT2D eigenvalue weighted by molar-refractivity contribution is 5.94. The predicted molar refractivity (Wildman–Crippen MR) is 130 cm³/mol. The van der Waals surface area contributed by atoms with Crippen molar-refractivity contribution < 1.29 is 14.3 Å². The van der Waals surface area contributed by atoms with Gasteiger partial charge in [-0.3, -0.25) is 9.79 Å². The van der Waals surface area contributed by atoms with Gasteiger partial charge in [-0.25, -0.2) is 0 Å². The summed E-state index contributed by atoms with van der Waals surface area (Å²) in [7, 11) is 4.92. The zero-order valence-corrected chi connectivity index (χ0v) is 20.0. The van der Waals surface area contributed by atoms with Gasteiger partial charge in [0.25, 0.3) is 5.91 Å². The Bertz CT molecular complexity index is 925. The summed E-state index contributed by atoms with van der Waals surface area (Å²) in [5, 5.41) is 9.35. The van der Waals surface area contributed by atoms with Crippen LogP contribution in [-0.2, 0) is 11.8 Å². The molecular formula is C25H36N4O3. The number of amides is 1. The molecule has 0 radical (unpaired) electrons. The molecule has 0 aromatic heterocycles. The van der Waals surface area contributed by atoms with Crippen LogP contribution in [0, 0.1) is 0 Å². The van der Waals surface area contributed by atoms with E-state index in [0.717, 1.165) is 30.1 Å². The van der Waals surface area contributed by atoms with Gasteiger partial charge in [0.2, 0.25) is 0 Å². The number of hydrogen-bond donors (Lipinski definition) is 3. The molecule has 0 saturated heterocycles. The number of carbonyl (C=O) groups excluding carboxylic acids is 1. The van der Waals surface area contributed by atoms with Crippen LogP contribution < -0.4 is 25.4 Å². The maximum absolute atomic E-state index is 11.8. The molecule has 7 nitrogen and oxygen atoms in total. The van der Waals surface area contributed by atoms with E-state index in [2.05, 4.69) is 35.9 Å². The summed E-state index contributed by atoms with van der Waals surface area (Å²) in [6.07, 6.45) is 0.786. The number of rotatable bonds is 10. The Morgan fingerprint density at radius 3 is 2.44 bits per heavy atom. The van der Waals surface area contributed by atoms with Crippen LogP contribution >= 0.6 is 0 Å². The molecule has 0 aliphatic carbocycles. The molecule has 0 heterocycles. The quantitative estimate of drug-likeness (QED) is 0.391. The molecule has 0 fully saturated rings. The van der Waals surface area contributed by atoms with E-state index in [4.69, 9.17) is 14.5 Å². The van der Waals surface area contributed by atoms with E-state index < -0.39 is 0 Å². The Balaban J connectivity index is 2.04. The maximum Gasteiger partial charge on any atom is 0.251 e. The van der Waals surface area contributed by atoms with E-state index in [9.17, 15) is 4.79 Å². The molecule has 0 spiro atoms. The minimum atomic E-state index is -0.191. The zero-order chi connectivity index (χ0) is 23.6. The number of carbonyl (C=O) groups is 1. The van der Waals surface area contributed by atoms with Crippen molar-refractivity contribution >= 4 is 11.9 Å². The van der Waals surface area contributed by atoms with Crippen LogP contribution in [0.5, 0.6) is 11.5 Å². The molecule has 3 N–H and O–H groups in total. The summed E-state index contributed by atoms with van der Waals surface area (Å²) < 4.78 is 10.8. The first kappa shape index (κ1) is 25.0. The Kier molecular flexibility index (Phi) is 9.38. The van der Waals surface area contributed by atoms with Crippen molar-refractivity contribution in [3.8, 4) is 11.5 Å². The van der Waals surface area contributed by atoms with Crippen molar-refractivity contribution in [1.29, 1.82) is 0 Å². The van der Waals surface area contributed by atoms with Crippen LogP contribution in [0.25, 0.3) is 0 Å². The summed E-state index contributed by atoms with van der Waals surface area (Å²) in [6.45, 7) is 8.44. The molecule has 174 valence electrons. The van der Waals surface area contributed by atoms with Crippen LogP contribution in [0.3, 0.4) is 0 Å². The first-order chi connectivity index (χ1) is 15.3. The normalized spacial score (nSPS) is 11.6. The van der Waals surface area contributed by atoms with E-state index in [0.29, 0.717) is 30.2 Å². The number of guanidine groups is 1. The zero-order valence-electron chi connectivity index (χ0n) is 20.0.